The maximum absolute atomic E-state index is 11.6. The summed E-state index contributed by atoms with van der Waals surface area (Å²) in [5.74, 6) is 0.0861. The summed E-state index contributed by atoms with van der Waals surface area (Å²) in [6.07, 6.45) is 0. The SMILES string of the molecule is CNC(=O)C1CN(C)c2ccccc21. The highest BCUT2D eigenvalue weighted by molar-refractivity contribution is 5.88. The second kappa shape index (κ2) is 3.33. The molecule has 1 aliphatic heterocycles. The van der Waals surface area contributed by atoms with E-state index in [1.165, 1.54) is 5.69 Å². The number of rotatable bonds is 1. The van der Waals surface area contributed by atoms with Crippen molar-refractivity contribution in [2.24, 2.45) is 0 Å². The molecule has 1 aromatic carbocycles. The fraction of sp³-hybridized carbons (Fsp3) is 0.364. The van der Waals surface area contributed by atoms with Crippen LogP contribution in [0.2, 0.25) is 0 Å². The van der Waals surface area contributed by atoms with E-state index in [0.29, 0.717) is 0 Å². The molecule has 1 aliphatic rings. The van der Waals surface area contributed by atoms with Gasteiger partial charge in [0.05, 0.1) is 5.92 Å². The average molecular weight is 190 g/mol. The number of anilines is 1. The molecule has 0 radical (unpaired) electrons. The van der Waals surface area contributed by atoms with Crippen molar-refractivity contribution in [2.45, 2.75) is 5.92 Å². The van der Waals surface area contributed by atoms with Gasteiger partial charge in [0.25, 0.3) is 0 Å². The summed E-state index contributed by atoms with van der Waals surface area (Å²) in [6.45, 7) is 0.777. The monoisotopic (exact) mass is 190 g/mol. The molecule has 3 nitrogen and oxygen atoms in total. The smallest absolute Gasteiger partial charge is 0.229 e. The second-order valence-corrected chi connectivity index (χ2v) is 3.61. The normalized spacial score (nSPS) is 19.3. The third-order valence-corrected chi connectivity index (χ3v) is 2.74. The first-order chi connectivity index (χ1) is 6.74. The maximum Gasteiger partial charge on any atom is 0.229 e. The number of hydrogen-bond acceptors (Lipinski definition) is 2. The Morgan fingerprint density at radius 2 is 2.21 bits per heavy atom. The first-order valence-electron chi connectivity index (χ1n) is 4.75. The van der Waals surface area contributed by atoms with Crippen LogP contribution in [0.15, 0.2) is 24.3 Å². The Labute approximate surface area is 83.7 Å². The number of likely N-dealkylation sites (N-methyl/N-ethyl adjacent to an activating group) is 2. The summed E-state index contributed by atoms with van der Waals surface area (Å²) in [5.41, 5.74) is 2.30. The zero-order chi connectivity index (χ0) is 10.1. The van der Waals surface area contributed by atoms with Crippen LogP contribution in [-0.2, 0) is 4.79 Å². The van der Waals surface area contributed by atoms with Crippen LogP contribution in [0.3, 0.4) is 0 Å². The van der Waals surface area contributed by atoms with Crippen LogP contribution < -0.4 is 10.2 Å². The van der Waals surface area contributed by atoms with Gasteiger partial charge in [0.1, 0.15) is 0 Å². The Morgan fingerprint density at radius 1 is 1.50 bits per heavy atom. The first kappa shape index (κ1) is 9.06. The first-order valence-corrected chi connectivity index (χ1v) is 4.75. The van der Waals surface area contributed by atoms with E-state index in [1.807, 2.05) is 25.2 Å². The summed E-state index contributed by atoms with van der Waals surface area (Å²) in [5, 5.41) is 2.70. The zero-order valence-corrected chi connectivity index (χ0v) is 8.45. The minimum Gasteiger partial charge on any atom is -0.373 e. The number of nitrogens with zero attached hydrogens (tertiary/aromatic N) is 1. The lowest BCUT2D eigenvalue weighted by Gasteiger charge is -2.11. The van der Waals surface area contributed by atoms with Gasteiger partial charge in [0.15, 0.2) is 0 Å². The molecule has 14 heavy (non-hydrogen) atoms. The molecule has 1 unspecified atom stereocenters. The molecule has 1 N–H and O–H groups in total. The van der Waals surface area contributed by atoms with Gasteiger partial charge in [-0.2, -0.15) is 0 Å². The summed E-state index contributed by atoms with van der Waals surface area (Å²) < 4.78 is 0. The number of carbonyl (C=O) groups is 1. The van der Waals surface area contributed by atoms with E-state index < -0.39 is 0 Å². The van der Waals surface area contributed by atoms with E-state index in [0.717, 1.165) is 12.1 Å². The van der Waals surface area contributed by atoms with Gasteiger partial charge in [-0.1, -0.05) is 18.2 Å². The fourth-order valence-corrected chi connectivity index (χ4v) is 2.00. The number of nitrogens with one attached hydrogen (secondary N) is 1. The van der Waals surface area contributed by atoms with E-state index in [1.54, 1.807) is 7.05 Å². The highest BCUT2D eigenvalue weighted by Gasteiger charge is 2.30. The number of carbonyl (C=O) groups excluding carboxylic acids is 1. The summed E-state index contributed by atoms with van der Waals surface area (Å²) >= 11 is 0. The lowest BCUT2D eigenvalue weighted by molar-refractivity contribution is -0.121. The minimum absolute atomic E-state index is 0.0128. The van der Waals surface area contributed by atoms with E-state index in [2.05, 4.69) is 16.3 Å². The van der Waals surface area contributed by atoms with Crippen LogP contribution in [0.4, 0.5) is 5.69 Å². The Bertz CT molecular complexity index is 362. The highest BCUT2D eigenvalue weighted by atomic mass is 16.1. The lowest BCUT2D eigenvalue weighted by Crippen LogP contribution is -2.28. The van der Waals surface area contributed by atoms with Crippen LogP contribution in [0, 0.1) is 0 Å². The van der Waals surface area contributed by atoms with Gasteiger partial charge in [0.2, 0.25) is 5.91 Å². The molecule has 1 aromatic rings. The number of benzene rings is 1. The largest absolute Gasteiger partial charge is 0.373 e. The van der Waals surface area contributed by atoms with Gasteiger partial charge in [-0.05, 0) is 11.6 Å². The molecule has 0 spiro atoms. The predicted octanol–water partition coefficient (Wildman–Crippen LogP) is 0.966. The van der Waals surface area contributed by atoms with Crippen molar-refractivity contribution in [1.29, 1.82) is 0 Å². The Balaban J connectivity index is 2.39. The summed E-state index contributed by atoms with van der Waals surface area (Å²) in [4.78, 5) is 13.7. The van der Waals surface area contributed by atoms with Crippen LogP contribution in [0.5, 0.6) is 0 Å². The van der Waals surface area contributed by atoms with E-state index in [-0.39, 0.29) is 11.8 Å². The summed E-state index contributed by atoms with van der Waals surface area (Å²) in [6, 6.07) is 8.06. The molecule has 0 aromatic heterocycles. The number of amides is 1. The van der Waals surface area contributed by atoms with E-state index in [4.69, 9.17) is 0 Å². The van der Waals surface area contributed by atoms with Gasteiger partial charge in [-0.15, -0.1) is 0 Å². The maximum atomic E-state index is 11.6. The lowest BCUT2D eigenvalue weighted by atomic mass is 10.0. The fourth-order valence-electron chi connectivity index (χ4n) is 2.00. The summed E-state index contributed by atoms with van der Waals surface area (Å²) in [7, 11) is 3.70. The molecule has 0 saturated carbocycles. The molecule has 1 heterocycles. The van der Waals surface area contributed by atoms with Gasteiger partial charge < -0.3 is 10.2 Å². The number of para-hydroxylation sites is 1. The number of fused-ring (bicyclic) bond motifs is 1. The van der Waals surface area contributed by atoms with Gasteiger partial charge in [0, 0.05) is 26.3 Å². The Morgan fingerprint density at radius 3 is 2.93 bits per heavy atom. The zero-order valence-electron chi connectivity index (χ0n) is 8.45. The van der Waals surface area contributed by atoms with Crippen molar-refractivity contribution >= 4 is 11.6 Å². The highest BCUT2D eigenvalue weighted by Crippen LogP contribution is 2.34. The van der Waals surface area contributed by atoms with Crippen LogP contribution in [0.1, 0.15) is 11.5 Å². The predicted molar refractivity (Wildman–Crippen MR) is 56.5 cm³/mol. The molecule has 1 amide bonds. The average Bonchev–Trinajstić information content (AvgIpc) is 2.56. The molecule has 0 bridgehead atoms. The van der Waals surface area contributed by atoms with Crippen molar-refractivity contribution in [2.75, 3.05) is 25.5 Å². The molecule has 3 heteroatoms. The molecule has 0 fully saturated rings. The van der Waals surface area contributed by atoms with Gasteiger partial charge in [-0.25, -0.2) is 0 Å². The third-order valence-electron chi connectivity index (χ3n) is 2.74. The standard InChI is InChI=1S/C11H14N2O/c1-12-11(14)9-7-13(2)10-6-4-3-5-8(9)10/h3-6,9H,7H2,1-2H3,(H,12,14). The quantitative estimate of drug-likeness (QED) is 0.715. The molecule has 1 atom stereocenters. The van der Waals surface area contributed by atoms with E-state index >= 15 is 0 Å². The minimum atomic E-state index is -0.0128. The Kier molecular flexibility index (Phi) is 2.15. The van der Waals surface area contributed by atoms with Crippen molar-refractivity contribution in [3.8, 4) is 0 Å². The van der Waals surface area contributed by atoms with Crippen molar-refractivity contribution in [1.82, 2.24) is 5.32 Å². The second-order valence-electron chi connectivity index (χ2n) is 3.61. The van der Waals surface area contributed by atoms with Crippen molar-refractivity contribution in [3.63, 3.8) is 0 Å². The van der Waals surface area contributed by atoms with Crippen LogP contribution >= 0.6 is 0 Å². The molecular weight excluding hydrogens is 176 g/mol. The number of hydrogen-bond donors (Lipinski definition) is 1. The van der Waals surface area contributed by atoms with Crippen LogP contribution in [-0.4, -0.2) is 26.5 Å². The molecule has 2 rings (SSSR count). The molecule has 74 valence electrons. The van der Waals surface area contributed by atoms with Crippen molar-refractivity contribution in [3.05, 3.63) is 29.8 Å². The van der Waals surface area contributed by atoms with Gasteiger partial charge >= 0.3 is 0 Å². The van der Waals surface area contributed by atoms with Gasteiger partial charge in [-0.3, -0.25) is 4.79 Å². The molecular formula is C11H14N2O. The van der Waals surface area contributed by atoms with Crippen LogP contribution in [0.25, 0.3) is 0 Å². The van der Waals surface area contributed by atoms with Crippen molar-refractivity contribution < 1.29 is 4.79 Å². The topological polar surface area (TPSA) is 32.3 Å². The molecule has 0 aliphatic carbocycles. The third kappa shape index (κ3) is 1.25. The van der Waals surface area contributed by atoms with E-state index in [9.17, 15) is 4.79 Å². The Hall–Kier alpha value is -1.51. The molecule has 0 saturated heterocycles.